The summed E-state index contributed by atoms with van der Waals surface area (Å²) in [7, 11) is 1.69. The van der Waals surface area contributed by atoms with Crippen molar-refractivity contribution in [3.63, 3.8) is 0 Å². The van der Waals surface area contributed by atoms with E-state index in [1.165, 1.54) is 12.4 Å². The maximum absolute atomic E-state index is 12.3. The Hall–Kier alpha value is -1.53. The second-order valence-corrected chi connectivity index (χ2v) is 4.36. The van der Waals surface area contributed by atoms with Crippen molar-refractivity contribution in [3.8, 4) is 0 Å². The highest BCUT2D eigenvalue weighted by Crippen LogP contribution is 2.20. The molecule has 6 nitrogen and oxygen atoms in total. The lowest BCUT2D eigenvalue weighted by Gasteiger charge is -2.38. The van der Waals surface area contributed by atoms with E-state index in [0.29, 0.717) is 18.8 Å². The second kappa shape index (κ2) is 5.88. The zero-order valence-electron chi connectivity index (χ0n) is 10.5. The van der Waals surface area contributed by atoms with Crippen LogP contribution in [0, 0.1) is 0 Å². The number of rotatable bonds is 3. The summed E-state index contributed by atoms with van der Waals surface area (Å²) < 4.78 is 5.34. The number of ether oxygens (including phenoxy) is 1. The van der Waals surface area contributed by atoms with Gasteiger partial charge in [0.15, 0.2) is 0 Å². The zero-order chi connectivity index (χ0) is 13.0. The molecule has 0 saturated carbocycles. The highest BCUT2D eigenvalue weighted by Gasteiger charge is 2.31. The van der Waals surface area contributed by atoms with Crippen molar-refractivity contribution < 1.29 is 9.53 Å². The van der Waals surface area contributed by atoms with Gasteiger partial charge in [-0.3, -0.25) is 9.78 Å². The third kappa shape index (κ3) is 2.65. The molecule has 2 heterocycles. The minimum atomic E-state index is -0.104. The number of piperidine rings is 1. The maximum atomic E-state index is 12.3. The third-order valence-electron chi connectivity index (χ3n) is 3.32. The average Bonchev–Trinajstić information content (AvgIpc) is 2.46. The molecule has 1 saturated heterocycles. The monoisotopic (exact) mass is 250 g/mol. The predicted octanol–water partition coefficient (Wildman–Crippen LogP) is 0.0549. The Morgan fingerprint density at radius 1 is 1.61 bits per heavy atom. The quantitative estimate of drug-likeness (QED) is 0.820. The Balaban J connectivity index is 2.10. The van der Waals surface area contributed by atoms with Crippen LogP contribution in [0.4, 0.5) is 0 Å². The SMILES string of the molecule is COC1CCN(C(=O)c2cnccn2)C(CN)C1. The van der Waals surface area contributed by atoms with Crippen LogP contribution < -0.4 is 5.73 Å². The van der Waals surface area contributed by atoms with Crippen LogP contribution in [0.1, 0.15) is 23.3 Å². The lowest BCUT2D eigenvalue weighted by Crippen LogP contribution is -2.51. The molecule has 6 heteroatoms. The van der Waals surface area contributed by atoms with Gasteiger partial charge in [-0.2, -0.15) is 0 Å². The summed E-state index contributed by atoms with van der Waals surface area (Å²) >= 11 is 0. The minimum Gasteiger partial charge on any atom is -0.381 e. The van der Waals surface area contributed by atoms with E-state index in [1.807, 2.05) is 0 Å². The van der Waals surface area contributed by atoms with Crippen LogP contribution >= 0.6 is 0 Å². The van der Waals surface area contributed by atoms with Gasteiger partial charge in [-0.15, -0.1) is 0 Å². The molecule has 1 aromatic heterocycles. The van der Waals surface area contributed by atoms with E-state index in [-0.39, 0.29) is 18.1 Å². The number of methoxy groups -OCH3 is 1. The molecule has 0 bridgehead atoms. The van der Waals surface area contributed by atoms with Crippen molar-refractivity contribution in [1.82, 2.24) is 14.9 Å². The Kier molecular flexibility index (Phi) is 4.22. The predicted molar refractivity (Wildman–Crippen MR) is 65.9 cm³/mol. The first kappa shape index (κ1) is 12.9. The molecule has 98 valence electrons. The highest BCUT2D eigenvalue weighted by atomic mass is 16.5. The number of hydrogen-bond donors (Lipinski definition) is 1. The van der Waals surface area contributed by atoms with E-state index in [1.54, 1.807) is 18.2 Å². The Morgan fingerprint density at radius 2 is 2.44 bits per heavy atom. The number of nitrogens with two attached hydrogens (primary N) is 1. The van der Waals surface area contributed by atoms with Gasteiger partial charge in [0.05, 0.1) is 12.3 Å². The topological polar surface area (TPSA) is 81.3 Å². The van der Waals surface area contributed by atoms with Crippen LogP contribution in [0.25, 0.3) is 0 Å². The molecule has 1 fully saturated rings. The summed E-state index contributed by atoms with van der Waals surface area (Å²) in [6.45, 7) is 1.08. The number of hydrogen-bond acceptors (Lipinski definition) is 5. The van der Waals surface area contributed by atoms with Crippen molar-refractivity contribution in [1.29, 1.82) is 0 Å². The normalized spacial score (nSPS) is 24.0. The van der Waals surface area contributed by atoms with Gasteiger partial charge in [-0.05, 0) is 12.8 Å². The summed E-state index contributed by atoms with van der Waals surface area (Å²) in [5.74, 6) is -0.104. The summed E-state index contributed by atoms with van der Waals surface area (Å²) in [6.07, 6.45) is 6.35. The van der Waals surface area contributed by atoms with Gasteiger partial charge < -0.3 is 15.4 Å². The molecular formula is C12H18N4O2. The molecule has 0 radical (unpaired) electrons. The number of carbonyl (C=O) groups is 1. The molecule has 0 spiro atoms. The fourth-order valence-corrected chi connectivity index (χ4v) is 2.28. The van der Waals surface area contributed by atoms with Gasteiger partial charge in [-0.1, -0.05) is 0 Å². The van der Waals surface area contributed by atoms with Gasteiger partial charge in [-0.25, -0.2) is 4.98 Å². The fraction of sp³-hybridized carbons (Fsp3) is 0.583. The van der Waals surface area contributed by atoms with Crippen molar-refractivity contribution >= 4 is 5.91 Å². The Labute approximate surface area is 106 Å². The summed E-state index contributed by atoms with van der Waals surface area (Å²) in [4.78, 5) is 22.0. The highest BCUT2D eigenvalue weighted by molar-refractivity contribution is 5.92. The lowest BCUT2D eigenvalue weighted by atomic mass is 9.99. The number of carbonyl (C=O) groups excluding carboxylic acids is 1. The molecule has 1 aromatic rings. The molecule has 2 N–H and O–H groups in total. The molecule has 1 aliphatic heterocycles. The van der Waals surface area contributed by atoms with E-state index in [9.17, 15) is 4.79 Å². The van der Waals surface area contributed by atoms with Gasteiger partial charge in [0.25, 0.3) is 5.91 Å². The molecule has 0 aromatic carbocycles. The van der Waals surface area contributed by atoms with E-state index in [0.717, 1.165) is 12.8 Å². The number of likely N-dealkylation sites (tertiary alicyclic amines) is 1. The van der Waals surface area contributed by atoms with Gasteiger partial charge in [0.1, 0.15) is 5.69 Å². The molecular weight excluding hydrogens is 232 g/mol. The second-order valence-electron chi connectivity index (χ2n) is 4.36. The molecule has 2 unspecified atom stereocenters. The van der Waals surface area contributed by atoms with Crippen LogP contribution in [0.2, 0.25) is 0 Å². The minimum absolute atomic E-state index is 0.0122. The third-order valence-corrected chi connectivity index (χ3v) is 3.32. The van der Waals surface area contributed by atoms with Gasteiger partial charge in [0, 0.05) is 38.6 Å². The van der Waals surface area contributed by atoms with Crippen molar-refractivity contribution in [2.24, 2.45) is 5.73 Å². The first-order chi connectivity index (χ1) is 8.76. The van der Waals surface area contributed by atoms with Crippen LogP contribution in [-0.4, -0.2) is 53.1 Å². The molecule has 0 aliphatic carbocycles. The van der Waals surface area contributed by atoms with Crippen LogP contribution in [0.15, 0.2) is 18.6 Å². The number of aromatic nitrogens is 2. The first-order valence-corrected chi connectivity index (χ1v) is 6.06. The summed E-state index contributed by atoms with van der Waals surface area (Å²) in [5.41, 5.74) is 6.11. The molecule has 1 aliphatic rings. The van der Waals surface area contributed by atoms with E-state index in [2.05, 4.69) is 9.97 Å². The Morgan fingerprint density at radius 3 is 3.06 bits per heavy atom. The van der Waals surface area contributed by atoms with Gasteiger partial charge in [0.2, 0.25) is 0 Å². The van der Waals surface area contributed by atoms with Crippen LogP contribution in [0.5, 0.6) is 0 Å². The van der Waals surface area contributed by atoms with Crippen molar-refractivity contribution in [3.05, 3.63) is 24.3 Å². The number of amides is 1. The van der Waals surface area contributed by atoms with Crippen LogP contribution in [-0.2, 0) is 4.74 Å². The zero-order valence-corrected chi connectivity index (χ0v) is 10.5. The van der Waals surface area contributed by atoms with Crippen molar-refractivity contribution in [2.45, 2.75) is 25.0 Å². The largest absolute Gasteiger partial charge is 0.381 e. The van der Waals surface area contributed by atoms with Gasteiger partial charge >= 0.3 is 0 Å². The fourth-order valence-electron chi connectivity index (χ4n) is 2.28. The molecule has 18 heavy (non-hydrogen) atoms. The van der Waals surface area contributed by atoms with E-state index >= 15 is 0 Å². The molecule has 2 rings (SSSR count). The lowest BCUT2D eigenvalue weighted by molar-refractivity contribution is 0.0136. The van der Waals surface area contributed by atoms with E-state index in [4.69, 9.17) is 10.5 Å². The molecule has 1 amide bonds. The Bertz CT molecular complexity index is 398. The molecule has 2 atom stereocenters. The van der Waals surface area contributed by atoms with E-state index < -0.39 is 0 Å². The van der Waals surface area contributed by atoms with Crippen LogP contribution in [0.3, 0.4) is 0 Å². The average molecular weight is 250 g/mol. The van der Waals surface area contributed by atoms with Crippen molar-refractivity contribution in [2.75, 3.05) is 20.2 Å². The maximum Gasteiger partial charge on any atom is 0.274 e. The smallest absolute Gasteiger partial charge is 0.274 e. The summed E-state index contributed by atoms with van der Waals surface area (Å²) in [5, 5.41) is 0. The number of nitrogens with zero attached hydrogens (tertiary/aromatic N) is 3. The summed E-state index contributed by atoms with van der Waals surface area (Å²) in [6, 6.07) is 0.0122. The first-order valence-electron chi connectivity index (χ1n) is 6.06. The standard InChI is InChI=1S/C12H18N4O2/c1-18-10-2-5-16(9(6-10)7-13)12(17)11-8-14-3-4-15-11/h3-4,8-10H,2,5-7,13H2,1H3.